The molecule has 0 saturated carbocycles. The molecule has 1 heterocycles. The number of H-pyrrole nitrogens is 1. The Kier molecular flexibility index (Phi) is 6.24. The van der Waals surface area contributed by atoms with Crippen molar-refractivity contribution in [1.82, 2.24) is 14.6 Å². The summed E-state index contributed by atoms with van der Waals surface area (Å²) in [4.78, 5) is 2.61. The van der Waals surface area contributed by atoms with Gasteiger partial charge in [-0.2, -0.15) is 17.5 Å². The van der Waals surface area contributed by atoms with Gasteiger partial charge in [-0.3, -0.25) is 0 Å². The highest BCUT2D eigenvalue weighted by atomic mass is 32.2. The van der Waals surface area contributed by atoms with Crippen molar-refractivity contribution in [2.24, 2.45) is 0 Å². The second-order valence-corrected chi connectivity index (χ2v) is 6.52. The molecule has 0 radical (unpaired) electrons. The van der Waals surface area contributed by atoms with Gasteiger partial charge in [-0.05, 0) is 19.0 Å². The molecule has 1 aromatic rings. The molecule has 5 nitrogen and oxygen atoms in total. The first kappa shape index (κ1) is 18.0. The number of aromatic nitrogens is 1. The summed E-state index contributed by atoms with van der Waals surface area (Å²) in [5.74, 6) is 0. The lowest BCUT2D eigenvalue weighted by Gasteiger charge is -2.21. The molecule has 2 N–H and O–H groups in total. The van der Waals surface area contributed by atoms with Crippen molar-refractivity contribution in [3.63, 3.8) is 0 Å². The van der Waals surface area contributed by atoms with E-state index < -0.39 is 22.7 Å². The minimum absolute atomic E-state index is 0.151. The van der Waals surface area contributed by atoms with Gasteiger partial charge in [-0.25, -0.2) is 8.42 Å². The van der Waals surface area contributed by atoms with Crippen LogP contribution in [0.15, 0.2) is 17.2 Å². The summed E-state index contributed by atoms with van der Waals surface area (Å²) >= 11 is 0. The SMILES string of the molecule is CCCNCc1cc(S(=O)(=O)N(CC)CC(F)(F)F)c[nH]1. The molecule has 0 aromatic carbocycles. The van der Waals surface area contributed by atoms with E-state index in [4.69, 9.17) is 0 Å². The predicted octanol–water partition coefficient (Wildman–Crippen LogP) is 2.09. The minimum Gasteiger partial charge on any atom is -0.363 e. The normalized spacial score (nSPS) is 13.0. The Labute approximate surface area is 122 Å². The zero-order valence-corrected chi connectivity index (χ0v) is 12.8. The van der Waals surface area contributed by atoms with Gasteiger partial charge in [0.1, 0.15) is 6.54 Å². The first-order chi connectivity index (χ1) is 9.70. The fourth-order valence-corrected chi connectivity index (χ4v) is 3.24. The molecule has 122 valence electrons. The summed E-state index contributed by atoms with van der Waals surface area (Å²) in [6, 6.07) is 1.36. The van der Waals surface area contributed by atoms with Crippen LogP contribution in [0.5, 0.6) is 0 Å². The van der Waals surface area contributed by atoms with Crippen molar-refractivity contribution < 1.29 is 21.6 Å². The van der Waals surface area contributed by atoms with Gasteiger partial charge in [0.05, 0.1) is 4.90 Å². The molecule has 0 spiro atoms. The molecule has 0 aliphatic rings. The monoisotopic (exact) mass is 327 g/mol. The third kappa shape index (κ3) is 5.33. The maximum Gasteiger partial charge on any atom is 0.402 e. The Morgan fingerprint density at radius 1 is 1.33 bits per heavy atom. The zero-order chi connectivity index (χ0) is 16.1. The standard InChI is InChI=1S/C12H20F3N3O2S/c1-3-5-16-7-10-6-11(8-17-10)21(19,20)18(4-2)9-12(13,14)15/h6,8,16-17H,3-5,7,9H2,1-2H3. The average molecular weight is 327 g/mol. The quantitative estimate of drug-likeness (QED) is 0.719. The maximum atomic E-state index is 12.4. The molecule has 21 heavy (non-hydrogen) atoms. The van der Waals surface area contributed by atoms with E-state index >= 15 is 0 Å². The summed E-state index contributed by atoms with van der Waals surface area (Å²) in [6.45, 7) is 2.86. The van der Waals surface area contributed by atoms with E-state index in [0.717, 1.165) is 13.0 Å². The van der Waals surface area contributed by atoms with E-state index in [2.05, 4.69) is 10.3 Å². The summed E-state index contributed by atoms with van der Waals surface area (Å²) in [5, 5.41) is 3.08. The number of alkyl halides is 3. The number of hydrogen-bond acceptors (Lipinski definition) is 3. The fourth-order valence-electron chi connectivity index (χ4n) is 1.79. The number of halogens is 3. The molecule has 0 saturated heterocycles. The molecule has 0 aliphatic heterocycles. The van der Waals surface area contributed by atoms with Gasteiger partial charge in [0.15, 0.2) is 0 Å². The van der Waals surface area contributed by atoms with Crippen molar-refractivity contribution in [3.8, 4) is 0 Å². The van der Waals surface area contributed by atoms with Gasteiger partial charge in [-0.15, -0.1) is 0 Å². The second kappa shape index (κ2) is 7.28. The van der Waals surface area contributed by atoms with E-state index in [0.29, 0.717) is 16.5 Å². The van der Waals surface area contributed by atoms with Gasteiger partial charge in [0, 0.05) is 25.0 Å². The average Bonchev–Trinajstić information content (AvgIpc) is 2.84. The van der Waals surface area contributed by atoms with Crippen LogP contribution in [0.1, 0.15) is 26.0 Å². The van der Waals surface area contributed by atoms with Crippen molar-refractivity contribution in [1.29, 1.82) is 0 Å². The number of hydrogen-bond donors (Lipinski definition) is 2. The van der Waals surface area contributed by atoms with Gasteiger partial charge in [0.25, 0.3) is 0 Å². The molecule has 9 heteroatoms. The molecular formula is C12H20F3N3O2S. The third-order valence-electron chi connectivity index (χ3n) is 2.80. The summed E-state index contributed by atoms with van der Waals surface area (Å²) in [6.07, 6.45) is -2.41. The number of rotatable bonds is 8. The third-order valence-corrected chi connectivity index (χ3v) is 4.70. The van der Waals surface area contributed by atoms with E-state index in [9.17, 15) is 21.6 Å². The van der Waals surface area contributed by atoms with Crippen LogP contribution in [0.4, 0.5) is 13.2 Å². The lowest BCUT2D eigenvalue weighted by atomic mass is 10.4. The van der Waals surface area contributed by atoms with E-state index in [1.807, 2.05) is 6.92 Å². The van der Waals surface area contributed by atoms with Gasteiger partial charge < -0.3 is 10.3 Å². The molecule has 0 aliphatic carbocycles. The summed E-state index contributed by atoms with van der Waals surface area (Å²) < 4.78 is 62.0. The Morgan fingerprint density at radius 2 is 2.00 bits per heavy atom. The first-order valence-corrected chi connectivity index (χ1v) is 8.09. The van der Waals surface area contributed by atoms with Crippen molar-refractivity contribution in [3.05, 3.63) is 18.0 Å². The van der Waals surface area contributed by atoms with Crippen LogP contribution in [-0.2, 0) is 16.6 Å². The number of aromatic amines is 1. The lowest BCUT2D eigenvalue weighted by Crippen LogP contribution is -2.38. The van der Waals surface area contributed by atoms with Crippen LogP contribution >= 0.6 is 0 Å². The van der Waals surface area contributed by atoms with Crippen LogP contribution in [0.3, 0.4) is 0 Å². The van der Waals surface area contributed by atoms with Crippen LogP contribution in [-0.4, -0.2) is 43.5 Å². The molecule has 0 bridgehead atoms. The Bertz CT molecular complexity index is 540. The molecule has 0 amide bonds. The minimum atomic E-state index is -4.56. The van der Waals surface area contributed by atoms with Crippen molar-refractivity contribution in [2.75, 3.05) is 19.6 Å². The van der Waals surface area contributed by atoms with Gasteiger partial charge in [0.2, 0.25) is 10.0 Å². The van der Waals surface area contributed by atoms with Crippen LogP contribution in [0, 0.1) is 0 Å². The number of sulfonamides is 1. The summed E-state index contributed by atoms with van der Waals surface area (Å²) in [5.41, 5.74) is 0.616. The number of nitrogens with zero attached hydrogens (tertiary/aromatic N) is 1. The van der Waals surface area contributed by atoms with E-state index in [1.165, 1.54) is 19.2 Å². The smallest absolute Gasteiger partial charge is 0.363 e. The molecule has 0 atom stereocenters. The van der Waals surface area contributed by atoms with Crippen molar-refractivity contribution in [2.45, 2.75) is 37.9 Å². The summed E-state index contributed by atoms with van der Waals surface area (Å²) in [7, 11) is -4.14. The highest BCUT2D eigenvalue weighted by Crippen LogP contribution is 2.22. The largest absolute Gasteiger partial charge is 0.402 e. The predicted molar refractivity (Wildman–Crippen MR) is 73.3 cm³/mol. The first-order valence-electron chi connectivity index (χ1n) is 6.65. The van der Waals surface area contributed by atoms with Gasteiger partial charge >= 0.3 is 6.18 Å². The Morgan fingerprint density at radius 3 is 2.52 bits per heavy atom. The highest BCUT2D eigenvalue weighted by Gasteiger charge is 2.36. The lowest BCUT2D eigenvalue weighted by molar-refractivity contribution is -0.135. The Hall–Kier alpha value is -1.06. The van der Waals surface area contributed by atoms with Crippen LogP contribution in [0.25, 0.3) is 0 Å². The highest BCUT2D eigenvalue weighted by molar-refractivity contribution is 7.89. The second-order valence-electron chi connectivity index (χ2n) is 4.58. The van der Waals surface area contributed by atoms with Gasteiger partial charge in [-0.1, -0.05) is 13.8 Å². The number of nitrogens with one attached hydrogen (secondary N) is 2. The zero-order valence-electron chi connectivity index (χ0n) is 12.0. The molecule has 0 unspecified atom stereocenters. The van der Waals surface area contributed by atoms with Crippen LogP contribution in [0.2, 0.25) is 0 Å². The molecule has 1 aromatic heterocycles. The fraction of sp³-hybridized carbons (Fsp3) is 0.667. The molecule has 1 rings (SSSR count). The molecular weight excluding hydrogens is 307 g/mol. The van der Waals surface area contributed by atoms with E-state index in [-0.39, 0.29) is 11.4 Å². The van der Waals surface area contributed by atoms with E-state index in [1.54, 1.807) is 0 Å². The van der Waals surface area contributed by atoms with Crippen molar-refractivity contribution >= 4 is 10.0 Å². The maximum absolute atomic E-state index is 12.4. The topological polar surface area (TPSA) is 65.2 Å². The van der Waals surface area contributed by atoms with Crippen LogP contribution < -0.4 is 5.32 Å². The Balaban J connectivity index is 2.86. The molecule has 0 fully saturated rings.